The molecule has 0 saturated heterocycles. The maximum absolute atomic E-state index is 11.3. The first-order valence-corrected chi connectivity index (χ1v) is 5.23. The number of carbonyl (C=O) groups is 2. The van der Waals surface area contributed by atoms with Gasteiger partial charge in [0.25, 0.3) is 0 Å². The van der Waals surface area contributed by atoms with Crippen LogP contribution in [0.15, 0.2) is 28.7 Å². The first kappa shape index (κ1) is 11.9. The molecule has 3 nitrogen and oxygen atoms in total. The van der Waals surface area contributed by atoms with Gasteiger partial charge in [-0.15, -0.1) is 0 Å². The second kappa shape index (κ2) is 5.07. The Kier molecular flexibility index (Phi) is 4.03. The predicted octanol–water partition coefficient (Wildman–Crippen LogP) is 2.64. The van der Waals surface area contributed by atoms with Crippen LogP contribution in [0.1, 0.15) is 25.5 Å². The molecule has 1 unspecified atom stereocenters. The van der Waals surface area contributed by atoms with Crippen LogP contribution in [0.2, 0.25) is 0 Å². The normalized spacial score (nSPS) is 11.9. The third-order valence-electron chi connectivity index (χ3n) is 1.84. The molecule has 0 radical (unpaired) electrons. The van der Waals surface area contributed by atoms with Gasteiger partial charge in [-0.1, -0.05) is 34.1 Å². The Hall–Kier alpha value is -1.16. The summed E-state index contributed by atoms with van der Waals surface area (Å²) in [5.74, 6) is -0.664. The Morgan fingerprint density at radius 2 is 1.87 bits per heavy atom. The number of hydrogen-bond donors (Lipinski definition) is 0. The number of carbonyl (C=O) groups excluding carboxylic acids is 2. The Balaban J connectivity index is 3.04. The molecule has 0 spiro atoms. The third kappa shape index (κ3) is 3.16. The van der Waals surface area contributed by atoms with E-state index in [-0.39, 0.29) is 5.78 Å². The standard InChI is InChI=1S/C11H11BrO3/c1-7(13)11(15-8(2)14)9-5-3-4-6-10(9)12/h3-6,11H,1-2H3. The first-order valence-electron chi connectivity index (χ1n) is 4.44. The SMILES string of the molecule is CC(=O)OC(C(C)=O)c1ccccc1Br. The van der Waals surface area contributed by atoms with Crippen molar-refractivity contribution in [2.75, 3.05) is 0 Å². The Morgan fingerprint density at radius 1 is 1.27 bits per heavy atom. The highest BCUT2D eigenvalue weighted by molar-refractivity contribution is 9.10. The van der Waals surface area contributed by atoms with Crippen LogP contribution in [0, 0.1) is 0 Å². The van der Waals surface area contributed by atoms with Crippen molar-refractivity contribution in [3.05, 3.63) is 34.3 Å². The smallest absolute Gasteiger partial charge is 0.303 e. The van der Waals surface area contributed by atoms with Crippen LogP contribution in [0.5, 0.6) is 0 Å². The summed E-state index contributed by atoms with van der Waals surface area (Å²) in [6, 6.07) is 7.17. The van der Waals surface area contributed by atoms with Crippen LogP contribution < -0.4 is 0 Å². The molecule has 0 saturated carbocycles. The first-order chi connectivity index (χ1) is 7.02. The van der Waals surface area contributed by atoms with Gasteiger partial charge in [0.15, 0.2) is 11.9 Å². The highest BCUT2D eigenvalue weighted by Crippen LogP contribution is 2.26. The number of esters is 1. The number of hydrogen-bond acceptors (Lipinski definition) is 3. The average molecular weight is 271 g/mol. The Bertz CT molecular complexity index is 387. The highest BCUT2D eigenvalue weighted by Gasteiger charge is 2.21. The highest BCUT2D eigenvalue weighted by atomic mass is 79.9. The van der Waals surface area contributed by atoms with Gasteiger partial charge in [-0.25, -0.2) is 0 Å². The summed E-state index contributed by atoms with van der Waals surface area (Å²) >= 11 is 3.31. The fraction of sp³-hybridized carbons (Fsp3) is 0.273. The monoisotopic (exact) mass is 270 g/mol. The molecule has 0 aliphatic heterocycles. The molecule has 0 aromatic heterocycles. The molecule has 0 bridgehead atoms. The molecule has 0 N–H and O–H groups in total. The van der Waals surface area contributed by atoms with E-state index < -0.39 is 12.1 Å². The molecule has 0 aliphatic carbocycles. The summed E-state index contributed by atoms with van der Waals surface area (Å²) in [5.41, 5.74) is 0.667. The van der Waals surface area contributed by atoms with E-state index in [0.717, 1.165) is 4.47 Å². The molecule has 15 heavy (non-hydrogen) atoms. The second-order valence-electron chi connectivity index (χ2n) is 3.12. The quantitative estimate of drug-likeness (QED) is 0.794. The number of rotatable bonds is 3. The van der Waals surface area contributed by atoms with Crippen molar-refractivity contribution in [1.82, 2.24) is 0 Å². The third-order valence-corrected chi connectivity index (χ3v) is 2.56. The maximum Gasteiger partial charge on any atom is 0.303 e. The summed E-state index contributed by atoms with van der Waals surface area (Å²) in [6.07, 6.45) is -0.821. The van der Waals surface area contributed by atoms with E-state index in [4.69, 9.17) is 4.74 Å². The summed E-state index contributed by atoms with van der Waals surface area (Å²) in [7, 11) is 0. The van der Waals surface area contributed by atoms with Crippen LogP contribution in [0.3, 0.4) is 0 Å². The van der Waals surface area contributed by atoms with Gasteiger partial charge in [-0.05, 0) is 13.0 Å². The van der Waals surface area contributed by atoms with E-state index >= 15 is 0 Å². The van der Waals surface area contributed by atoms with E-state index in [9.17, 15) is 9.59 Å². The van der Waals surface area contributed by atoms with Gasteiger partial charge >= 0.3 is 5.97 Å². The van der Waals surface area contributed by atoms with E-state index in [1.54, 1.807) is 18.2 Å². The fourth-order valence-corrected chi connectivity index (χ4v) is 1.71. The summed E-state index contributed by atoms with van der Waals surface area (Å²) in [4.78, 5) is 22.2. The van der Waals surface area contributed by atoms with Gasteiger partial charge in [-0.2, -0.15) is 0 Å². The lowest BCUT2D eigenvalue weighted by Crippen LogP contribution is -2.16. The van der Waals surface area contributed by atoms with Crippen LogP contribution >= 0.6 is 15.9 Å². The van der Waals surface area contributed by atoms with Gasteiger partial charge in [-0.3, -0.25) is 9.59 Å². The van der Waals surface area contributed by atoms with Crippen molar-refractivity contribution < 1.29 is 14.3 Å². The molecule has 1 aromatic carbocycles. The van der Waals surface area contributed by atoms with Gasteiger partial charge in [0, 0.05) is 17.0 Å². The number of ether oxygens (including phenoxy) is 1. The Morgan fingerprint density at radius 3 is 2.33 bits per heavy atom. The summed E-state index contributed by atoms with van der Waals surface area (Å²) in [5, 5.41) is 0. The predicted molar refractivity (Wildman–Crippen MR) is 59.3 cm³/mol. The molecule has 0 amide bonds. The molecule has 0 fully saturated rings. The molecular formula is C11H11BrO3. The molecule has 1 atom stereocenters. The van der Waals surface area contributed by atoms with E-state index in [2.05, 4.69) is 15.9 Å². The van der Waals surface area contributed by atoms with Gasteiger partial charge < -0.3 is 4.74 Å². The minimum atomic E-state index is -0.821. The maximum atomic E-state index is 11.3. The number of benzene rings is 1. The number of Topliss-reactive ketones (excluding diaryl/α,β-unsaturated/α-hetero) is 1. The second-order valence-corrected chi connectivity index (χ2v) is 3.98. The summed E-state index contributed by atoms with van der Waals surface area (Å²) in [6.45, 7) is 2.68. The van der Waals surface area contributed by atoms with Gasteiger partial charge in [0.2, 0.25) is 0 Å². The zero-order valence-corrected chi connectivity index (χ0v) is 10.1. The summed E-state index contributed by atoms with van der Waals surface area (Å²) < 4.78 is 5.72. The van der Waals surface area contributed by atoms with Crippen molar-refractivity contribution in [3.8, 4) is 0 Å². The molecule has 1 rings (SSSR count). The van der Waals surface area contributed by atoms with E-state index in [0.29, 0.717) is 5.56 Å². The van der Waals surface area contributed by atoms with Crippen molar-refractivity contribution >= 4 is 27.7 Å². The van der Waals surface area contributed by atoms with E-state index in [1.807, 2.05) is 6.07 Å². The molecule has 80 valence electrons. The molecule has 4 heteroatoms. The van der Waals surface area contributed by atoms with Gasteiger partial charge in [0.05, 0.1) is 0 Å². The zero-order chi connectivity index (χ0) is 11.4. The van der Waals surface area contributed by atoms with E-state index in [1.165, 1.54) is 13.8 Å². The van der Waals surface area contributed by atoms with Crippen LogP contribution in [0.4, 0.5) is 0 Å². The molecule has 0 aliphatic rings. The molecule has 1 aromatic rings. The number of halogens is 1. The minimum Gasteiger partial charge on any atom is -0.450 e. The number of ketones is 1. The van der Waals surface area contributed by atoms with Crippen LogP contribution in [-0.2, 0) is 14.3 Å². The van der Waals surface area contributed by atoms with Crippen molar-refractivity contribution in [1.29, 1.82) is 0 Å². The van der Waals surface area contributed by atoms with Gasteiger partial charge in [0.1, 0.15) is 0 Å². The minimum absolute atomic E-state index is 0.197. The Labute approximate surface area is 96.6 Å². The van der Waals surface area contributed by atoms with Crippen molar-refractivity contribution in [3.63, 3.8) is 0 Å². The lowest BCUT2D eigenvalue weighted by molar-refractivity contribution is -0.152. The fourth-order valence-electron chi connectivity index (χ4n) is 1.22. The molecular weight excluding hydrogens is 260 g/mol. The van der Waals surface area contributed by atoms with Crippen molar-refractivity contribution in [2.45, 2.75) is 20.0 Å². The lowest BCUT2D eigenvalue weighted by atomic mass is 10.1. The largest absolute Gasteiger partial charge is 0.450 e. The van der Waals surface area contributed by atoms with Crippen LogP contribution in [0.25, 0.3) is 0 Å². The topological polar surface area (TPSA) is 43.4 Å². The lowest BCUT2D eigenvalue weighted by Gasteiger charge is -2.15. The van der Waals surface area contributed by atoms with Crippen LogP contribution in [-0.4, -0.2) is 11.8 Å². The van der Waals surface area contributed by atoms with Crippen molar-refractivity contribution in [2.24, 2.45) is 0 Å². The molecule has 0 heterocycles. The average Bonchev–Trinajstić information content (AvgIpc) is 2.15. The zero-order valence-electron chi connectivity index (χ0n) is 8.49.